The van der Waals surface area contributed by atoms with Gasteiger partial charge in [-0.25, -0.2) is 5.01 Å². The van der Waals surface area contributed by atoms with Crippen LogP contribution in [0.3, 0.4) is 0 Å². The molecule has 0 heterocycles. The van der Waals surface area contributed by atoms with Crippen molar-refractivity contribution in [3.63, 3.8) is 0 Å². The van der Waals surface area contributed by atoms with Crippen LogP contribution in [-0.4, -0.2) is 19.1 Å². The van der Waals surface area contributed by atoms with Crippen LogP contribution in [0.15, 0.2) is 11.8 Å². The minimum absolute atomic E-state index is 1.06. The molecule has 0 fully saturated rings. The Balaban J connectivity index is 3.58. The third-order valence-corrected chi connectivity index (χ3v) is 1.10. The lowest BCUT2D eigenvalue weighted by Crippen LogP contribution is -2.29. The SMILES string of the molecule is C/C=C(\CC)NN(C)C. The Morgan fingerprint density at radius 1 is 1.56 bits per heavy atom. The Hall–Kier alpha value is -0.500. The molecule has 0 spiro atoms. The van der Waals surface area contributed by atoms with Gasteiger partial charge < -0.3 is 5.43 Å². The summed E-state index contributed by atoms with van der Waals surface area (Å²) in [5.41, 5.74) is 4.44. The fourth-order valence-corrected chi connectivity index (χ4v) is 0.635. The first kappa shape index (κ1) is 8.50. The van der Waals surface area contributed by atoms with E-state index in [1.807, 2.05) is 26.0 Å². The molecule has 2 nitrogen and oxygen atoms in total. The summed E-state index contributed by atoms with van der Waals surface area (Å²) in [5, 5.41) is 1.94. The highest BCUT2D eigenvalue weighted by atomic mass is 15.5. The van der Waals surface area contributed by atoms with Gasteiger partial charge in [-0.15, -0.1) is 0 Å². The smallest absolute Gasteiger partial charge is 0.0218 e. The molecule has 0 aromatic heterocycles. The molecule has 0 unspecified atom stereocenters. The molecule has 0 aromatic rings. The van der Waals surface area contributed by atoms with Crippen LogP contribution < -0.4 is 5.43 Å². The van der Waals surface area contributed by atoms with E-state index in [2.05, 4.69) is 18.4 Å². The molecule has 0 bridgehead atoms. The highest BCUT2D eigenvalue weighted by Gasteiger charge is 1.89. The maximum absolute atomic E-state index is 3.17. The summed E-state index contributed by atoms with van der Waals surface area (Å²) >= 11 is 0. The first-order chi connectivity index (χ1) is 4.20. The van der Waals surface area contributed by atoms with E-state index >= 15 is 0 Å². The zero-order valence-electron chi connectivity index (χ0n) is 6.73. The summed E-state index contributed by atoms with van der Waals surface area (Å²) in [4.78, 5) is 0. The molecular weight excluding hydrogens is 112 g/mol. The molecule has 0 aliphatic heterocycles. The second-order valence-electron chi connectivity index (χ2n) is 2.17. The molecule has 54 valence electrons. The zero-order chi connectivity index (χ0) is 7.28. The molecule has 0 atom stereocenters. The van der Waals surface area contributed by atoms with Gasteiger partial charge >= 0.3 is 0 Å². The predicted octanol–water partition coefficient (Wildman–Crippen LogP) is 1.37. The molecule has 0 amide bonds. The second-order valence-corrected chi connectivity index (χ2v) is 2.17. The summed E-state index contributed by atoms with van der Waals surface area (Å²) < 4.78 is 0. The Kier molecular flexibility index (Phi) is 4.14. The molecule has 0 aliphatic rings. The molecule has 2 heteroatoms. The van der Waals surface area contributed by atoms with Gasteiger partial charge in [0.05, 0.1) is 0 Å². The molecular formula is C7H16N2. The third kappa shape index (κ3) is 4.03. The minimum Gasteiger partial charge on any atom is -0.324 e. The highest BCUT2D eigenvalue weighted by Crippen LogP contribution is 1.93. The van der Waals surface area contributed by atoms with Gasteiger partial charge in [-0.05, 0) is 13.3 Å². The lowest BCUT2D eigenvalue weighted by Gasteiger charge is -2.14. The topological polar surface area (TPSA) is 15.3 Å². The molecule has 0 saturated heterocycles. The lowest BCUT2D eigenvalue weighted by molar-refractivity contribution is 0.323. The van der Waals surface area contributed by atoms with Crippen LogP contribution in [0.1, 0.15) is 20.3 Å². The number of hydrazine groups is 1. The normalized spacial score (nSPS) is 12.3. The second kappa shape index (κ2) is 4.39. The predicted molar refractivity (Wildman–Crippen MR) is 40.9 cm³/mol. The van der Waals surface area contributed by atoms with Crippen molar-refractivity contribution in [3.05, 3.63) is 11.8 Å². The van der Waals surface area contributed by atoms with Gasteiger partial charge in [-0.2, -0.15) is 0 Å². The van der Waals surface area contributed by atoms with E-state index in [1.54, 1.807) is 0 Å². The summed E-state index contributed by atoms with van der Waals surface area (Å²) in [6, 6.07) is 0. The van der Waals surface area contributed by atoms with Crippen molar-refractivity contribution in [2.24, 2.45) is 0 Å². The van der Waals surface area contributed by atoms with E-state index in [0.717, 1.165) is 6.42 Å². The first-order valence-electron chi connectivity index (χ1n) is 3.29. The quantitative estimate of drug-likeness (QED) is 0.577. The van der Waals surface area contributed by atoms with E-state index in [-0.39, 0.29) is 0 Å². The van der Waals surface area contributed by atoms with E-state index < -0.39 is 0 Å². The average Bonchev–Trinajstić information content (AvgIpc) is 1.82. The van der Waals surface area contributed by atoms with Gasteiger partial charge in [0.15, 0.2) is 0 Å². The van der Waals surface area contributed by atoms with E-state index in [1.165, 1.54) is 5.70 Å². The van der Waals surface area contributed by atoms with Crippen molar-refractivity contribution in [1.29, 1.82) is 0 Å². The van der Waals surface area contributed by atoms with Crippen LogP contribution in [0.2, 0.25) is 0 Å². The lowest BCUT2D eigenvalue weighted by atomic mass is 10.3. The van der Waals surface area contributed by atoms with Gasteiger partial charge in [0.2, 0.25) is 0 Å². The third-order valence-electron chi connectivity index (χ3n) is 1.10. The fourth-order valence-electron chi connectivity index (χ4n) is 0.635. The zero-order valence-corrected chi connectivity index (χ0v) is 6.73. The van der Waals surface area contributed by atoms with Gasteiger partial charge in [0.1, 0.15) is 0 Å². The van der Waals surface area contributed by atoms with Crippen molar-refractivity contribution in [2.75, 3.05) is 14.1 Å². The highest BCUT2D eigenvalue weighted by molar-refractivity contribution is 4.94. The summed E-state index contributed by atoms with van der Waals surface area (Å²) in [5.74, 6) is 0. The van der Waals surface area contributed by atoms with Crippen LogP contribution >= 0.6 is 0 Å². The number of nitrogens with zero attached hydrogens (tertiary/aromatic N) is 1. The molecule has 0 radical (unpaired) electrons. The molecule has 0 saturated carbocycles. The number of hydrogen-bond donors (Lipinski definition) is 1. The fraction of sp³-hybridized carbons (Fsp3) is 0.714. The van der Waals surface area contributed by atoms with E-state index in [9.17, 15) is 0 Å². The Morgan fingerprint density at radius 3 is 2.22 bits per heavy atom. The van der Waals surface area contributed by atoms with E-state index in [4.69, 9.17) is 0 Å². The number of rotatable bonds is 3. The van der Waals surface area contributed by atoms with Gasteiger partial charge in [0.25, 0.3) is 0 Å². The van der Waals surface area contributed by atoms with Crippen LogP contribution in [0, 0.1) is 0 Å². The summed E-state index contributed by atoms with van der Waals surface area (Å²) in [6.07, 6.45) is 3.15. The van der Waals surface area contributed by atoms with Crippen molar-refractivity contribution in [3.8, 4) is 0 Å². The van der Waals surface area contributed by atoms with Crippen molar-refractivity contribution < 1.29 is 0 Å². The first-order valence-corrected chi connectivity index (χ1v) is 3.29. The van der Waals surface area contributed by atoms with Crippen molar-refractivity contribution in [1.82, 2.24) is 10.4 Å². The van der Waals surface area contributed by atoms with Crippen molar-refractivity contribution in [2.45, 2.75) is 20.3 Å². The Morgan fingerprint density at radius 2 is 2.11 bits per heavy atom. The number of allylic oxidation sites excluding steroid dienone is 2. The molecule has 0 rings (SSSR count). The maximum atomic E-state index is 3.17. The van der Waals surface area contributed by atoms with Crippen molar-refractivity contribution >= 4 is 0 Å². The average molecular weight is 128 g/mol. The van der Waals surface area contributed by atoms with Gasteiger partial charge in [0, 0.05) is 19.8 Å². The molecule has 1 N–H and O–H groups in total. The van der Waals surface area contributed by atoms with Gasteiger partial charge in [-0.3, -0.25) is 0 Å². The number of hydrogen-bond acceptors (Lipinski definition) is 2. The van der Waals surface area contributed by atoms with E-state index in [0.29, 0.717) is 0 Å². The minimum atomic E-state index is 1.06. The molecule has 0 aliphatic carbocycles. The standard InChI is InChI=1S/C7H16N2/c1-5-7(6-2)8-9(3)4/h5,8H,6H2,1-4H3/b7-5+. The largest absolute Gasteiger partial charge is 0.324 e. The monoisotopic (exact) mass is 128 g/mol. The van der Waals surface area contributed by atoms with Crippen LogP contribution in [-0.2, 0) is 0 Å². The van der Waals surface area contributed by atoms with Gasteiger partial charge in [-0.1, -0.05) is 13.0 Å². The van der Waals surface area contributed by atoms with Crippen LogP contribution in [0.5, 0.6) is 0 Å². The summed E-state index contributed by atoms with van der Waals surface area (Å²) in [7, 11) is 3.97. The maximum Gasteiger partial charge on any atom is 0.0218 e. The van der Waals surface area contributed by atoms with Crippen LogP contribution in [0.4, 0.5) is 0 Å². The molecule has 0 aromatic carbocycles. The number of nitrogens with one attached hydrogen (secondary N) is 1. The Bertz CT molecular complexity index is 95.1. The van der Waals surface area contributed by atoms with Crippen LogP contribution in [0.25, 0.3) is 0 Å². The Labute approximate surface area is 57.5 Å². The molecule has 9 heavy (non-hydrogen) atoms. The summed E-state index contributed by atoms with van der Waals surface area (Å²) in [6.45, 7) is 4.17.